The number of amides is 1. The van der Waals surface area contributed by atoms with Crippen molar-refractivity contribution in [3.05, 3.63) is 77.9 Å². The molecule has 0 aromatic heterocycles. The first kappa shape index (κ1) is 18.0. The van der Waals surface area contributed by atoms with Gasteiger partial charge in [-0.15, -0.1) is 0 Å². The van der Waals surface area contributed by atoms with E-state index < -0.39 is 0 Å². The second kappa shape index (κ2) is 8.51. The molecule has 0 bridgehead atoms. The van der Waals surface area contributed by atoms with Crippen LogP contribution in [0.5, 0.6) is 0 Å². The second-order valence-electron chi connectivity index (χ2n) is 7.24. The molecule has 1 fully saturated rings. The third-order valence-corrected chi connectivity index (χ3v) is 5.58. The molecule has 1 amide bonds. The fourth-order valence-electron chi connectivity index (χ4n) is 4.09. The van der Waals surface area contributed by atoms with E-state index in [1.165, 1.54) is 16.0 Å². The molecule has 27 heavy (non-hydrogen) atoms. The highest BCUT2D eigenvalue weighted by Crippen LogP contribution is 2.20. The summed E-state index contributed by atoms with van der Waals surface area (Å²) in [6.07, 6.45) is 3.32. The maximum absolute atomic E-state index is 13.4. The Morgan fingerprint density at radius 2 is 1.63 bits per heavy atom. The highest BCUT2D eigenvalue weighted by Gasteiger charge is 2.36. The van der Waals surface area contributed by atoms with Crippen LogP contribution in [-0.4, -0.2) is 50.2 Å². The van der Waals surface area contributed by atoms with Gasteiger partial charge in [-0.05, 0) is 17.2 Å². The van der Waals surface area contributed by atoms with Gasteiger partial charge in [-0.1, -0.05) is 60.7 Å². The lowest BCUT2D eigenvalue weighted by Gasteiger charge is -2.35. The molecule has 4 heteroatoms. The number of rotatable bonds is 4. The summed E-state index contributed by atoms with van der Waals surface area (Å²) in [5.41, 5.74) is 3.80. The molecule has 4 rings (SSSR count). The first-order valence-corrected chi connectivity index (χ1v) is 9.83. The lowest BCUT2D eigenvalue weighted by molar-refractivity contribution is -0.917. The van der Waals surface area contributed by atoms with E-state index in [0.29, 0.717) is 26.3 Å². The molecule has 1 saturated heterocycles. The summed E-state index contributed by atoms with van der Waals surface area (Å²) in [5, 5.41) is 0. The van der Waals surface area contributed by atoms with Gasteiger partial charge in [0.1, 0.15) is 0 Å². The molecule has 2 aliphatic heterocycles. The van der Waals surface area contributed by atoms with E-state index in [2.05, 4.69) is 48.5 Å². The van der Waals surface area contributed by atoms with Crippen LogP contribution in [0.25, 0.3) is 5.57 Å². The van der Waals surface area contributed by atoms with Gasteiger partial charge < -0.3 is 14.5 Å². The smallest absolute Gasteiger partial charge is 0.285 e. The molecule has 1 unspecified atom stereocenters. The van der Waals surface area contributed by atoms with Crippen molar-refractivity contribution in [3.63, 3.8) is 0 Å². The van der Waals surface area contributed by atoms with Gasteiger partial charge in [0.25, 0.3) is 5.91 Å². The van der Waals surface area contributed by atoms with Gasteiger partial charge in [0.2, 0.25) is 0 Å². The Labute approximate surface area is 161 Å². The number of hydrogen-bond acceptors (Lipinski definition) is 2. The maximum atomic E-state index is 13.4. The minimum absolute atomic E-state index is 0.141. The van der Waals surface area contributed by atoms with Crippen LogP contribution in [0.3, 0.4) is 0 Å². The van der Waals surface area contributed by atoms with Crippen molar-refractivity contribution >= 4 is 11.5 Å². The maximum Gasteiger partial charge on any atom is 0.285 e. The number of morpholine rings is 1. The van der Waals surface area contributed by atoms with E-state index in [-0.39, 0.29) is 11.9 Å². The Hall–Kier alpha value is -2.43. The number of nitrogens with one attached hydrogen (secondary N) is 1. The van der Waals surface area contributed by atoms with Gasteiger partial charge in [-0.3, -0.25) is 4.79 Å². The minimum Gasteiger partial charge on any atom is -0.378 e. The van der Waals surface area contributed by atoms with E-state index in [9.17, 15) is 4.79 Å². The number of nitrogens with zero attached hydrogens (tertiary/aromatic N) is 1. The highest BCUT2D eigenvalue weighted by atomic mass is 16.5. The van der Waals surface area contributed by atoms with Crippen molar-refractivity contribution in [2.75, 3.05) is 39.4 Å². The topological polar surface area (TPSA) is 34.0 Å². The Morgan fingerprint density at radius 1 is 0.963 bits per heavy atom. The monoisotopic (exact) mass is 363 g/mol. The molecule has 0 radical (unpaired) electrons. The Morgan fingerprint density at radius 3 is 2.26 bits per heavy atom. The van der Waals surface area contributed by atoms with E-state index in [4.69, 9.17) is 4.74 Å². The van der Waals surface area contributed by atoms with E-state index in [1.807, 2.05) is 23.1 Å². The quantitative estimate of drug-likeness (QED) is 0.901. The van der Waals surface area contributed by atoms with Crippen LogP contribution in [0.2, 0.25) is 0 Å². The van der Waals surface area contributed by atoms with E-state index in [1.54, 1.807) is 0 Å². The number of quaternary nitrogens is 1. The lowest BCUT2D eigenvalue weighted by Crippen LogP contribution is -3.13. The van der Waals surface area contributed by atoms with Crippen molar-refractivity contribution in [3.8, 4) is 0 Å². The van der Waals surface area contributed by atoms with Crippen molar-refractivity contribution in [2.45, 2.75) is 12.5 Å². The molecule has 2 aliphatic rings. The zero-order chi connectivity index (χ0) is 18.5. The van der Waals surface area contributed by atoms with Crippen molar-refractivity contribution < 1.29 is 14.4 Å². The summed E-state index contributed by atoms with van der Waals surface area (Å²) in [4.78, 5) is 16.7. The molecule has 0 aliphatic carbocycles. The number of ether oxygens (including phenoxy) is 1. The Bertz CT molecular complexity index is 783. The van der Waals surface area contributed by atoms with Gasteiger partial charge in [0.05, 0.1) is 26.3 Å². The number of hydrogen-bond donors (Lipinski definition) is 1. The molecule has 2 aromatic carbocycles. The summed E-state index contributed by atoms with van der Waals surface area (Å²) in [7, 11) is 0. The third kappa shape index (κ3) is 4.12. The fraction of sp³-hybridized carbons (Fsp3) is 0.348. The van der Waals surface area contributed by atoms with Gasteiger partial charge in [0, 0.05) is 25.1 Å². The van der Waals surface area contributed by atoms with E-state index in [0.717, 1.165) is 25.1 Å². The first-order chi connectivity index (χ1) is 13.3. The minimum atomic E-state index is -0.141. The second-order valence-corrected chi connectivity index (χ2v) is 7.24. The Balaban J connectivity index is 1.56. The van der Waals surface area contributed by atoms with Gasteiger partial charge in [-0.2, -0.15) is 0 Å². The predicted octanol–water partition coefficient (Wildman–Crippen LogP) is 1.96. The largest absolute Gasteiger partial charge is 0.378 e. The number of carbonyl (C=O) groups is 1. The van der Waals surface area contributed by atoms with E-state index >= 15 is 0 Å². The van der Waals surface area contributed by atoms with Crippen LogP contribution < -0.4 is 4.90 Å². The number of carbonyl (C=O) groups excluding carboxylic acids is 1. The summed E-state index contributed by atoms with van der Waals surface area (Å²) in [6, 6.07) is 20.7. The molecule has 2 heterocycles. The summed E-state index contributed by atoms with van der Waals surface area (Å²) in [5.74, 6) is 0.232. The third-order valence-electron chi connectivity index (χ3n) is 5.58. The SMILES string of the molecule is O=C([C@@H](c1ccccc1)[NH+]1CC=C(c2ccccc2)CC1)N1CCOCC1. The predicted molar refractivity (Wildman–Crippen MR) is 106 cm³/mol. The average Bonchev–Trinajstić information content (AvgIpc) is 2.76. The lowest BCUT2D eigenvalue weighted by atomic mass is 9.96. The van der Waals surface area contributed by atoms with Gasteiger partial charge >= 0.3 is 0 Å². The zero-order valence-corrected chi connectivity index (χ0v) is 15.6. The summed E-state index contributed by atoms with van der Waals surface area (Å²) < 4.78 is 5.43. The van der Waals surface area contributed by atoms with Crippen molar-refractivity contribution in [2.24, 2.45) is 0 Å². The average molecular weight is 363 g/mol. The zero-order valence-electron chi connectivity index (χ0n) is 15.6. The molecule has 2 aromatic rings. The summed E-state index contributed by atoms with van der Waals surface area (Å²) >= 11 is 0. The fourth-order valence-corrected chi connectivity index (χ4v) is 4.09. The van der Waals surface area contributed by atoms with Crippen LogP contribution in [0.4, 0.5) is 0 Å². The van der Waals surface area contributed by atoms with Crippen molar-refractivity contribution in [1.82, 2.24) is 4.90 Å². The van der Waals surface area contributed by atoms with Crippen molar-refractivity contribution in [1.29, 1.82) is 0 Å². The normalized spacial score (nSPS) is 21.4. The molecular formula is C23H27N2O2+. The van der Waals surface area contributed by atoms with Crippen LogP contribution in [-0.2, 0) is 9.53 Å². The highest BCUT2D eigenvalue weighted by molar-refractivity contribution is 5.82. The molecule has 2 atom stereocenters. The van der Waals surface area contributed by atoms with Crippen LogP contribution >= 0.6 is 0 Å². The molecule has 140 valence electrons. The first-order valence-electron chi connectivity index (χ1n) is 9.83. The number of benzene rings is 2. The van der Waals surface area contributed by atoms with Gasteiger partial charge in [0.15, 0.2) is 6.04 Å². The molecule has 4 nitrogen and oxygen atoms in total. The molecule has 0 saturated carbocycles. The van der Waals surface area contributed by atoms with Crippen LogP contribution in [0.1, 0.15) is 23.6 Å². The summed E-state index contributed by atoms with van der Waals surface area (Å²) in [6.45, 7) is 4.51. The van der Waals surface area contributed by atoms with Crippen LogP contribution in [0, 0.1) is 0 Å². The molecular weight excluding hydrogens is 336 g/mol. The molecule has 0 spiro atoms. The standard InChI is InChI=1S/C23H26N2O2/c26-23(25-15-17-27-18-16-25)22(21-9-5-2-6-10-21)24-13-11-20(12-14-24)19-7-3-1-4-8-19/h1-11,22H,12-18H2/p+1/t22-/m1/s1. The Kier molecular flexibility index (Phi) is 5.66. The molecule has 1 N–H and O–H groups in total. The van der Waals surface area contributed by atoms with Crippen LogP contribution in [0.15, 0.2) is 66.7 Å². The van der Waals surface area contributed by atoms with Gasteiger partial charge in [-0.25, -0.2) is 0 Å².